The summed E-state index contributed by atoms with van der Waals surface area (Å²) in [5, 5.41) is 14.1. The maximum Gasteiger partial charge on any atom is 0.271 e. The predicted octanol–water partition coefficient (Wildman–Crippen LogP) is 3.01. The standard InChI is InChI=1S/C12H12ClN3O3/c1-2-14-7-12-15-6-11(19-12)8-3-9(13)5-10(4-8)16(17)18/h3-6,14H,2,7H2,1H3. The summed E-state index contributed by atoms with van der Waals surface area (Å²) in [5.74, 6) is 0.984. The Hall–Kier alpha value is -1.92. The second kappa shape index (κ2) is 5.81. The molecule has 0 radical (unpaired) electrons. The van der Waals surface area contributed by atoms with Crippen molar-refractivity contribution < 1.29 is 9.34 Å². The minimum Gasteiger partial charge on any atom is -0.439 e. The minimum atomic E-state index is -0.495. The van der Waals surface area contributed by atoms with Gasteiger partial charge in [0, 0.05) is 22.7 Å². The highest BCUT2D eigenvalue weighted by atomic mass is 35.5. The van der Waals surface area contributed by atoms with Gasteiger partial charge in [-0.25, -0.2) is 4.98 Å². The van der Waals surface area contributed by atoms with Gasteiger partial charge in [-0.3, -0.25) is 10.1 Å². The first-order valence-electron chi connectivity index (χ1n) is 5.71. The Morgan fingerprint density at radius 3 is 2.95 bits per heavy atom. The largest absolute Gasteiger partial charge is 0.439 e. The Kier molecular flexibility index (Phi) is 4.13. The van der Waals surface area contributed by atoms with Crippen LogP contribution in [0.2, 0.25) is 5.02 Å². The summed E-state index contributed by atoms with van der Waals surface area (Å²) in [5.41, 5.74) is 0.460. The Labute approximate surface area is 114 Å². The normalized spacial score (nSPS) is 10.6. The van der Waals surface area contributed by atoms with E-state index < -0.39 is 4.92 Å². The van der Waals surface area contributed by atoms with E-state index in [0.29, 0.717) is 23.8 Å². The molecule has 19 heavy (non-hydrogen) atoms. The Morgan fingerprint density at radius 1 is 1.47 bits per heavy atom. The van der Waals surface area contributed by atoms with Crippen molar-refractivity contribution in [3.63, 3.8) is 0 Å². The number of hydrogen-bond acceptors (Lipinski definition) is 5. The lowest BCUT2D eigenvalue weighted by Gasteiger charge is -1.99. The predicted molar refractivity (Wildman–Crippen MR) is 71.0 cm³/mol. The molecule has 0 aliphatic heterocycles. The van der Waals surface area contributed by atoms with E-state index in [1.54, 1.807) is 6.07 Å². The van der Waals surface area contributed by atoms with Crippen LogP contribution in [-0.2, 0) is 6.54 Å². The van der Waals surface area contributed by atoms with Crippen molar-refractivity contribution in [3.8, 4) is 11.3 Å². The van der Waals surface area contributed by atoms with Crippen LogP contribution in [-0.4, -0.2) is 16.5 Å². The molecule has 1 heterocycles. The van der Waals surface area contributed by atoms with Crippen molar-refractivity contribution in [1.29, 1.82) is 0 Å². The third-order valence-corrected chi connectivity index (χ3v) is 2.68. The van der Waals surface area contributed by atoms with Crippen LogP contribution >= 0.6 is 11.6 Å². The number of rotatable bonds is 5. The Bertz CT molecular complexity index is 598. The molecule has 7 heteroatoms. The molecule has 1 aromatic heterocycles. The first-order valence-corrected chi connectivity index (χ1v) is 6.08. The van der Waals surface area contributed by atoms with Crippen LogP contribution in [0.25, 0.3) is 11.3 Å². The van der Waals surface area contributed by atoms with Crippen molar-refractivity contribution in [2.24, 2.45) is 0 Å². The molecule has 1 N–H and O–H groups in total. The van der Waals surface area contributed by atoms with Crippen molar-refractivity contribution in [2.75, 3.05) is 6.54 Å². The molecule has 0 spiro atoms. The van der Waals surface area contributed by atoms with Gasteiger partial charge >= 0.3 is 0 Å². The molecule has 0 atom stereocenters. The summed E-state index contributed by atoms with van der Waals surface area (Å²) in [7, 11) is 0. The fourth-order valence-electron chi connectivity index (χ4n) is 1.58. The van der Waals surface area contributed by atoms with E-state index in [1.807, 2.05) is 6.92 Å². The summed E-state index contributed by atoms with van der Waals surface area (Å²) < 4.78 is 5.51. The lowest BCUT2D eigenvalue weighted by molar-refractivity contribution is -0.384. The van der Waals surface area contributed by atoms with E-state index >= 15 is 0 Å². The van der Waals surface area contributed by atoms with E-state index in [-0.39, 0.29) is 10.7 Å². The van der Waals surface area contributed by atoms with Gasteiger partial charge in [0.1, 0.15) is 0 Å². The zero-order valence-corrected chi connectivity index (χ0v) is 11.0. The highest BCUT2D eigenvalue weighted by Crippen LogP contribution is 2.28. The molecule has 0 unspecified atom stereocenters. The van der Waals surface area contributed by atoms with Crippen molar-refractivity contribution >= 4 is 17.3 Å². The number of nitro benzene ring substituents is 1. The average molecular weight is 282 g/mol. The van der Waals surface area contributed by atoms with Gasteiger partial charge in [0.15, 0.2) is 5.76 Å². The number of nitro groups is 1. The fraction of sp³-hybridized carbons (Fsp3) is 0.250. The molecule has 0 aliphatic carbocycles. The Balaban J connectivity index is 2.30. The van der Waals surface area contributed by atoms with E-state index in [9.17, 15) is 10.1 Å². The van der Waals surface area contributed by atoms with Gasteiger partial charge in [-0.15, -0.1) is 0 Å². The lowest BCUT2D eigenvalue weighted by Crippen LogP contribution is -2.11. The number of hydrogen-bond donors (Lipinski definition) is 1. The summed E-state index contributed by atoms with van der Waals surface area (Å²) in [6.45, 7) is 3.30. The van der Waals surface area contributed by atoms with Crippen LogP contribution in [0, 0.1) is 10.1 Å². The van der Waals surface area contributed by atoms with Crippen molar-refractivity contribution in [1.82, 2.24) is 10.3 Å². The van der Waals surface area contributed by atoms with Crippen LogP contribution in [0.4, 0.5) is 5.69 Å². The van der Waals surface area contributed by atoms with E-state index in [4.69, 9.17) is 16.0 Å². The molecule has 6 nitrogen and oxygen atoms in total. The van der Waals surface area contributed by atoms with E-state index in [1.165, 1.54) is 18.3 Å². The molecule has 0 saturated carbocycles. The molecule has 1 aromatic carbocycles. The fourth-order valence-corrected chi connectivity index (χ4v) is 1.81. The van der Waals surface area contributed by atoms with Crippen LogP contribution < -0.4 is 5.32 Å². The van der Waals surface area contributed by atoms with Gasteiger partial charge in [-0.1, -0.05) is 18.5 Å². The molecular weight excluding hydrogens is 270 g/mol. The average Bonchev–Trinajstić information content (AvgIpc) is 2.84. The molecule has 0 fully saturated rings. The van der Waals surface area contributed by atoms with Crippen LogP contribution in [0.5, 0.6) is 0 Å². The minimum absolute atomic E-state index is 0.0767. The van der Waals surface area contributed by atoms with Crippen LogP contribution in [0.1, 0.15) is 12.8 Å². The first-order chi connectivity index (χ1) is 9.10. The van der Waals surface area contributed by atoms with Crippen molar-refractivity contribution in [3.05, 3.63) is 45.4 Å². The maximum absolute atomic E-state index is 10.8. The van der Waals surface area contributed by atoms with Gasteiger partial charge < -0.3 is 9.73 Å². The molecular formula is C12H12ClN3O3. The van der Waals surface area contributed by atoms with Gasteiger partial charge in [0.05, 0.1) is 17.7 Å². The number of halogens is 1. The SMILES string of the molecule is CCNCc1ncc(-c2cc(Cl)cc([N+](=O)[O-])c2)o1. The Morgan fingerprint density at radius 2 is 2.26 bits per heavy atom. The number of oxazole rings is 1. The number of aromatic nitrogens is 1. The van der Waals surface area contributed by atoms with Gasteiger partial charge in [0.2, 0.25) is 5.89 Å². The first kappa shape index (κ1) is 13.5. The summed E-state index contributed by atoms with van der Waals surface area (Å²) in [6, 6.07) is 4.30. The smallest absolute Gasteiger partial charge is 0.271 e. The second-order valence-corrected chi connectivity index (χ2v) is 4.29. The number of benzene rings is 1. The van der Waals surface area contributed by atoms with Gasteiger partial charge in [-0.05, 0) is 12.6 Å². The monoisotopic (exact) mass is 281 g/mol. The van der Waals surface area contributed by atoms with E-state index in [2.05, 4.69) is 10.3 Å². The van der Waals surface area contributed by atoms with Crippen molar-refractivity contribution in [2.45, 2.75) is 13.5 Å². The second-order valence-electron chi connectivity index (χ2n) is 3.85. The highest BCUT2D eigenvalue weighted by Gasteiger charge is 2.13. The maximum atomic E-state index is 10.8. The topological polar surface area (TPSA) is 81.2 Å². The van der Waals surface area contributed by atoms with Gasteiger partial charge in [-0.2, -0.15) is 0 Å². The van der Waals surface area contributed by atoms with Gasteiger partial charge in [0.25, 0.3) is 5.69 Å². The number of nitrogens with zero attached hydrogens (tertiary/aromatic N) is 2. The molecule has 0 saturated heterocycles. The number of non-ortho nitro benzene ring substituents is 1. The van der Waals surface area contributed by atoms with Crippen LogP contribution in [0.15, 0.2) is 28.8 Å². The third-order valence-electron chi connectivity index (χ3n) is 2.46. The molecule has 2 aromatic rings. The van der Waals surface area contributed by atoms with E-state index in [0.717, 1.165) is 6.54 Å². The lowest BCUT2D eigenvalue weighted by atomic mass is 10.1. The highest BCUT2D eigenvalue weighted by molar-refractivity contribution is 6.31. The van der Waals surface area contributed by atoms with Crippen LogP contribution in [0.3, 0.4) is 0 Å². The zero-order chi connectivity index (χ0) is 13.8. The third kappa shape index (κ3) is 3.30. The molecule has 2 rings (SSSR count). The summed E-state index contributed by atoms with van der Waals surface area (Å²) in [6.07, 6.45) is 1.53. The zero-order valence-electron chi connectivity index (χ0n) is 10.2. The molecule has 0 amide bonds. The molecule has 0 bridgehead atoms. The quantitative estimate of drug-likeness (QED) is 0.673. The molecule has 100 valence electrons. The number of nitrogens with one attached hydrogen (secondary N) is 1. The summed E-state index contributed by atoms with van der Waals surface area (Å²) >= 11 is 5.86. The molecule has 0 aliphatic rings. The summed E-state index contributed by atoms with van der Waals surface area (Å²) in [4.78, 5) is 14.4.